The highest BCUT2D eigenvalue weighted by atomic mass is 16.5. The van der Waals surface area contributed by atoms with Crippen LogP contribution in [-0.4, -0.2) is 11.8 Å². The first-order valence-corrected chi connectivity index (χ1v) is 6.97. The lowest BCUT2D eigenvalue weighted by molar-refractivity contribution is -0.132. The molecule has 0 aromatic rings. The van der Waals surface area contributed by atoms with Crippen LogP contribution in [0.25, 0.3) is 0 Å². The predicted molar refractivity (Wildman–Crippen MR) is 75.5 cm³/mol. The van der Waals surface area contributed by atoms with Crippen LogP contribution >= 0.6 is 0 Å². The van der Waals surface area contributed by atoms with Crippen molar-refractivity contribution in [2.75, 3.05) is 0 Å². The highest BCUT2D eigenvalue weighted by Crippen LogP contribution is 2.12. The zero-order valence-electron chi connectivity index (χ0n) is 11.4. The van der Waals surface area contributed by atoms with Crippen molar-refractivity contribution in [1.29, 1.82) is 0 Å². The maximum Gasteiger partial charge on any atom is 0.336 e. The summed E-state index contributed by atoms with van der Waals surface area (Å²) < 4.78 is 4.80. The van der Waals surface area contributed by atoms with Gasteiger partial charge in [-0.15, -0.1) is 6.58 Å². The monoisotopic (exact) mass is 262 g/mol. The van der Waals surface area contributed by atoms with E-state index in [-0.39, 0.29) is 5.78 Å². The molecule has 0 bridgehead atoms. The van der Waals surface area contributed by atoms with Crippen molar-refractivity contribution in [2.45, 2.75) is 51.4 Å². The molecule has 1 rings (SSSR count). The number of rotatable bonds is 10. The van der Waals surface area contributed by atoms with Gasteiger partial charge in [0.2, 0.25) is 0 Å². The average molecular weight is 262 g/mol. The standard InChI is InChI=1S/C16H22O3/c1-2-3-4-5-6-7-8-9-10-14(17)13-15-11-12-16(18)19-15/h2,11-13H,1,3-10H2/b15-13-. The van der Waals surface area contributed by atoms with E-state index in [4.69, 9.17) is 4.74 Å². The SMILES string of the molecule is C=CCCCCCCCCC(=O)/C=C1/C=CC(=O)O1. The van der Waals surface area contributed by atoms with Gasteiger partial charge in [-0.1, -0.05) is 31.8 Å². The zero-order chi connectivity index (χ0) is 13.9. The Morgan fingerprint density at radius 3 is 2.42 bits per heavy atom. The normalized spacial score (nSPS) is 15.8. The summed E-state index contributed by atoms with van der Waals surface area (Å²) in [6, 6.07) is 0. The molecule has 3 nitrogen and oxygen atoms in total. The van der Waals surface area contributed by atoms with Crippen LogP contribution in [0.5, 0.6) is 0 Å². The van der Waals surface area contributed by atoms with E-state index in [1.54, 1.807) is 0 Å². The summed E-state index contributed by atoms with van der Waals surface area (Å²) >= 11 is 0. The number of ketones is 1. The van der Waals surface area contributed by atoms with E-state index in [1.165, 1.54) is 43.9 Å². The first-order chi connectivity index (χ1) is 9.22. The molecule has 0 aliphatic carbocycles. The van der Waals surface area contributed by atoms with Gasteiger partial charge >= 0.3 is 5.97 Å². The van der Waals surface area contributed by atoms with Crippen LogP contribution in [-0.2, 0) is 14.3 Å². The summed E-state index contributed by atoms with van der Waals surface area (Å²) in [4.78, 5) is 22.3. The van der Waals surface area contributed by atoms with Gasteiger partial charge in [-0.05, 0) is 25.3 Å². The Morgan fingerprint density at radius 2 is 1.79 bits per heavy atom. The van der Waals surface area contributed by atoms with E-state index < -0.39 is 5.97 Å². The van der Waals surface area contributed by atoms with E-state index in [0.717, 1.165) is 19.3 Å². The second-order valence-electron chi connectivity index (χ2n) is 4.72. The quantitative estimate of drug-likeness (QED) is 0.260. The van der Waals surface area contributed by atoms with Crippen LogP contribution in [0.15, 0.2) is 36.6 Å². The summed E-state index contributed by atoms with van der Waals surface area (Å²) in [6.45, 7) is 3.70. The summed E-state index contributed by atoms with van der Waals surface area (Å²) in [7, 11) is 0. The summed E-state index contributed by atoms with van der Waals surface area (Å²) in [5.41, 5.74) is 0. The van der Waals surface area contributed by atoms with Gasteiger partial charge in [0.15, 0.2) is 5.78 Å². The minimum atomic E-state index is -0.404. The lowest BCUT2D eigenvalue weighted by Gasteiger charge is -2.00. The van der Waals surface area contributed by atoms with E-state index in [0.29, 0.717) is 12.2 Å². The Morgan fingerprint density at radius 1 is 1.11 bits per heavy atom. The maximum absolute atomic E-state index is 11.6. The number of ether oxygens (including phenoxy) is 1. The molecule has 0 aromatic heterocycles. The molecule has 0 unspecified atom stereocenters. The molecular formula is C16H22O3. The Balaban J connectivity index is 2.00. The molecule has 1 heterocycles. The van der Waals surface area contributed by atoms with Crippen molar-refractivity contribution < 1.29 is 14.3 Å². The number of esters is 1. The molecule has 0 fully saturated rings. The fraction of sp³-hybridized carbons (Fsp3) is 0.500. The average Bonchev–Trinajstić information content (AvgIpc) is 2.78. The van der Waals surface area contributed by atoms with Crippen LogP contribution in [0.3, 0.4) is 0 Å². The van der Waals surface area contributed by atoms with Gasteiger partial charge < -0.3 is 4.74 Å². The lowest BCUT2D eigenvalue weighted by Crippen LogP contribution is -1.97. The van der Waals surface area contributed by atoms with Crippen molar-refractivity contribution in [3.8, 4) is 0 Å². The Hall–Kier alpha value is -1.64. The number of carbonyl (C=O) groups excluding carboxylic acids is 2. The van der Waals surface area contributed by atoms with Crippen molar-refractivity contribution in [3.63, 3.8) is 0 Å². The molecule has 0 amide bonds. The third kappa shape index (κ3) is 7.39. The van der Waals surface area contributed by atoms with Gasteiger partial charge in [-0.3, -0.25) is 4.79 Å². The molecule has 0 aromatic carbocycles. The molecule has 1 aliphatic heterocycles. The number of carbonyl (C=O) groups is 2. The molecule has 0 radical (unpaired) electrons. The molecule has 104 valence electrons. The fourth-order valence-corrected chi connectivity index (χ4v) is 1.94. The van der Waals surface area contributed by atoms with E-state index in [2.05, 4.69) is 6.58 Å². The Kier molecular flexibility index (Phi) is 7.56. The summed E-state index contributed by atoms with van der Waals surface area (Å²) in [5.74, 6) is -0.0148. The van der Waals surface area contributed by atoms with Crippen LogP contribution < -0.4 is 0 Å². The second-order valence-corrected chi connectivity index (χ2v) is 4.72. The largest absolute Gasteiger partial charge is 0.423 e. The van der Waals surface area contributed by atoms with Gasteiger partial charge in [0.1, 0.15) is 5.76 Å². The molecular weight excluding hydrogens is 240 g/mol. The van der Waals surface area contributed by atoms with E-state index >= 15 is 0 Å². The smallest absolute Gasteiger partial charge is 0.336 e. The molecule has 0 saturated carbocycles. The third-order valence-corrected chi connectivity index (χ3v) is 2.99. The van der Waals surface area contributed by atoms with Crippen LogP contribution in [0.1, 0.15) is 51.4 Å². The lowest BCUT2D eigenvalue weighted by atomic mass is 10.1. The van der Waals surface area contributed by atoms with Gasteiger partial charge in [0, 0.05) is 18.6 Å². The predicted octanol–water partition coefficient (Wildman–Crippen LogP) is 3.86. The maximum atomic E-state index is 11.6. The van der Waals surface area contributed by atoms with Crippen molar-refractivity contribution in [1.82, 2.24) is 0 Å². The highest BCUT2D eigenvalue weighted by molar-refractivity contribution is 5.93. The topological polar surface area (TPSA) is 43.4 Å². The van der Waals surface area contributed by atoms with Crippen molar-refractivity contribution in [3.05, 3.63) is 36.6 Å². The number of allylic oxidation sites excluding steroid dienone is 3. The molecule has 0 spiro atoms. The number of hydrogen-bond acceptors (Lipinski definition) is 3. The van der Waals surface area contributed by atoms with Gasteiger partial charge in [-0.25, -0.2) is 4.79 Å². The Bertz CT molecular complexity index is 377. The molecule has 1 aliphatic rings. The Labute approximate surface area is 115 Å². The molecule has 0 atom stereocenters. The molecule has 19 heavy (non-hydrogen) atoms. The van der Waals surface area contributed by atoms with Crippen LogP contribution in [0.4, 0.5) is 0 Å². The van der Waals surface area contributed by atoms with E-state index in [1.807, 2.05) is 6.08 Å². The minimum absolute atomic E-state index is 0.0287. The molecule has 0 saturated heterocycles. The van der Waals surface area contributed by atoms with Crippen LogP contribution in [0, 0.1) is 0 Å². The number of cyclic esters (lactones) is 1. The van der Waals surface area contributed by atoms with E-state index in [9.17, 15) is 9.59 Å². The van der Waals surface area contributed by atoms with Gasteiger partial charge in [0.05, 0.1) is 0 Å². The number of unbranched alkanes of at least 4 members (excludes halogenated alkanes) is 6. The second kappa shape index (κ2) is 9.31. The van der Waals surface area contributed by atoms with Gasteiger partial charge in [-0.2, -0.15) is 0 Å². The van der Waals surface area contributed by atoms with Crippen molar-refractivity contribution >= 4 is 11.8 Å². The van der Waals surface area contributed by atoms with Crippen LogP contribution in [0.2, 0.25) is 0 Å². The summed E-state index contributed by atoms with van der Waals surface area (Å²) in [5, 5.41) is 0. The minimum Gasteiger partial charge on any atom is -0.423 e. The summed E-state index contributed by atoms with van der Waals surface area (Å²) in [6.07, 6.45) is 14.7. The highest BCUT2D eigenvalue weighted by Gasteiger charge is 2.10. The third-order valence-electron chi connectivity index (χ3n) is 2.99. The molecule has 3 heteroatoms. The van der Waals surface area contributed by atoms with Crippen molar-refractivity contribution in [2.24, 2.45) is 0 Å². The number of hydrogen-bond donors (Lipinski definition) is 0. The first kappa shape index (κ1) is 15.4. The molecule has 0 N–H and O–H groups in total. The zero-order valence-corrected chi connectivity index (χ0v) is 11.4. The van der Waals surface area contributed by atoms with Gasteiger partial charge in [0.25, 0.3) is 0 Å². The fourth-order valence-electron chi connectivity index (χ4n) is 1.94. The first-order valence-electron chi connectivity index (χ1n) is 6.97.